The van der Waals surface area contributed by atoms with Gasteiger partial charge in [-0.25, -0.2) is 4.98 Å². The lowest BCUT2D eigenvalue weighted by Gasteiger charge is -2.01. The van der Waals surface area contributed by atoms with Gasteiger partial charge in [0.05, 0.1) is 6.54 Å². The summed E-state index contributed by atoms with van der Waals surface area (Å²) in [6.07, 6.45) is 0. The number of hydrogen-bond acceptors (Lipinski definition) is 3. The second kappa shape index (κ2) is 3.66. The number of nitrogens with one attached hydrogen (secondary N) is 1. The quantitative estimate of drug-likeness (QED) is 0.816. The number of nitrogens with zero attached hydrogens (tertiary/aromatic N) is 1. The van der Waals surface area contributed by atoms with Gasteiger partial charge in [0.25, 0.3) is 0 Å². The zero-order chi connectivity index (χ0) is 11.0. The number of aryl methyl sites for hydroxylation is 3. The highest BCUT2D eigenvalue weighted by molar-refractivity contribution is 5.81. The molecule has 1 heterocycles. The molecule has 0 fully saturated rings. The summed E-state index contributed by atoms with van der Waals surface area (Å²) in [5.41, 5.74) is 5.55. The number of aromatic nitrogens is 1. The van der Waals surface area contributed by atoms with E-state index in [0.717, 1.165) is 22.6 Å². The molecule has 0 aliphatic carbocycles. The van der Waals surface area contributed by atoms with Crippen molar-refractivity contribution in [1.29, 1.82) is 0 Å². The van der Waals surface area contributed by atoms with Gasteiger partial charge in [0.15, 0.2) is 5.58 Å². The van der Waals surface area contributed by atoms with E-state index in [9.17, 15) is 0 Å². The van der Waals surface area contributed by atoms with Gasteiger partial charge in [0.1, 0.15) is 5.52 Å². The first kappa shape index (κ1) is 10.2. The van der Waals surface area contributed by atoms with E-state index in [1.165, 1.54) is 11.1 Å². The molecule has 0 aliphatic rings. The molecule has 2 aromatic rings. The van der Waals surface area contributed by atoms with E-state index in [-0.39, 0.29) is 0 Å². The van der Waals surface area contributed by atoms with Crippen molar-refractivity contribution < 1.29 is 4.42 Å². The fourth-order valence-corrected chi connectivity index (χ4v) is 1.80. The summed E-state index contributed by atoms with van der Waals surface area (Å²) in [5.74, 6) is 0.754. The summed E-state index contributed by atoms with van der Waals surface area (Å²) in [6.45, 7) is 6.92. The monoisotopic (exact) mass is 204 g/mol. The van der Waals surface area contributed by atoms with Gasteiger partial charge in [0.2, 0.25) is 5.89 Å². The Hall–Kier alpha value is -1.35. The first-order valence-corrected chi connectivity index (χ1v) is 5.14. The van der Waals surface area contributed by atoms with Crippen LogP contribution in [0.2, 0.25) is 0 Å². The van der Waals surface area contributed by atoms with Crippen LogP contribution in [0.3, 0.4) is 0 Å². The molecule has 3 nitrogen and oxygen atoms in total. The Balaban J connectivity index is 2.68. The van der Waals surface area contributed by atoms with E-state index >= 15 is 0 Å². The predicted molar refractivity (Wildman–Crippen MR) is 61.0 cm³/mol. The predicted octanol–water partition coefficient (Wildman–Crippen LogP) is 2.47. The van der Waals surface area contributed by atoms with Gasteiger partial charge >= 0.3 is 0 Å². The molecule has 0 saturated carbocycles. The Morgan fingerprint density at radius 2 is 2.00 bits per heavy atom. The van der Waals surface area contributed by atoms with Crippen LogP contribution < -0.4 is 5.32 Å². The maximum absolute atomic E-state index is 5.70. The minimum Gasteiger partial charge on any atom is -0.439 e. The summed E-state index contributed by atoms with van der Waals surface area (Å²) in [5, 5.41) is 3.04. The lowest BCUT2D eigenvalue weighted by molar-refractivity contribution is 0.510. The summed E-state index contributed by atoms with van der Waals surface area (Å²) >= 11 is 0. The number of benzene rings is 1. The van der Waals surface area contributed by atoms with E-state index in [0.29, 0.717) is 6.54 Å². The van der Waals surface area contributed by atoms with E-state index in [1.807, 2.05) is 7.05 Å². The first-order chi connectivity index (χ1) is 7.13. The molecule has 1 aromatic carbocycles. The van der Waals surface area contributed by atoms with Gasteiger partial charge < -0.3 is 9.73 Å². The number of fused-ring (bicyclic) bond motifs is 1. The van der Waals surface area contributed by atoms with Gasteiger partial charge in [-0.05, 0) is 44.5 Å². The maximum Gasteiger partial charge on any atom is 0.209 e. The van der Waals surface area contributed by atoms with Crippen molar-refractivity contribution >= 4 is 11.1 Å². The molecular formula is C12H16N2O. The van der Waals surface area contributed by atoms with E-state index < -0.39 is 0 Å². The van der Waals surface area contributed by atoms with Crippen molar-refractivity contribution in [1.82, 2.24) is 10.3 Å². The van der Waals surface area contributed by atoms with Crippen molar-refractivity contribution in [3.05, 3.63) is 28.6 Å². The van der Waals surface area contributed by atoms with E-state index in [4.69, 9.17) is 4.42 Å². The van der Waals surface area contributed by atoms with Crippen LogP contribution in [0.15, 0.2) is 10.5 Å². The summed E-state index contributed by atoms with van der Waals surface area (Å²) in [6, 6.07) is 2.14. The summed E-state index contributed by atoms with van der Waals surface area (Å²) in [4.78, 5) is 4.49. The Bertz CT molecular complexity index is 500. The Labute approximate surface area is 89.5 Å². The van der Waals surface area contributed by atoms with Crippen LogP contribution in [0.4, 0.5) is 0 Å². The SMILES string of the molecule is CNCc1nc2c(C)c(C)cc(C)c2o1. The molecule has 2 rings (SSSR count). The second-order valence-corrected chi connectivity index (χ2v) is 3.95. The van der Waals surface area contributed by atoms with Crippen LogP contribution in [0.1, 0.15) is 22.6 Å². The average Bonchev–Trinajstić information content (AvgIpc) is 2.60. The number of hydrogen-bond donors (Lipinski definition) is 1. The molecule has 0 radical (unpaired) electrons. The van der Waals surface area contributed by atoms with Crippen molar-refractivity contribution in [2.24, 2.45) is 0 Å². The minimum absolute atomic E-state index is 0.673. The highest BCUT2D eigenvalue weighted by atomic mass is 16.3. The van der Waals surface area contributed by atoms with Crippen LogP contribution in [-0.2, 0) is 6.54 Å². The second-order valence-electron chi connectivity index (χ2n) is 3.95. The van der Waals surface area contributed by atoms with Crippen LogP contribution >= 0.6 is 0 Å². The molecule has 0 aliphatic heterocycles. The normalized spacial score (nSPS) is 11.2. The smallest absolute Gasteiger partial charge is 0.209 e. The third-order valence-electron chi connectivity index (χ3n) is 2.74. The lowest BCUT2D eigenvalue weighted by Crippen LogP contribution is -2.04. The van der Waals surface area contributed by atoms with Gasteiger partial charge in [-0.3, -0.25) is 0 Å². The topological polar surface area (TPSA) is 38.1 Å². The molecule has 80 valence electrons. The van der Waals surface area contributed by atoms with E-state index in [1.54, 1.807) is 0 Å². The highest BCUT2D eigenvalue weighted by Crippen LogP contribution is 2.25. The standard InChI is InChI=1S/C12H16N2O/c1-7-5-8(2)12-11(9(7)3)14-10(15-12)6-13-4/h5,13H,6H2,1-4H3. The third kappa shape index (κ3) is 1.63. The van der Waals surface area contributed by atoms with E-state index in [2.05, 4.69) is 37.1 Å². The van der Waals surface area contributed by atoms with Gasteiger partial charge in [0, 0.05) is 0 Å². The number of oxazole rings is 1. The number of rotatable bonds is 2. The molecule has 0 atom stereocenters. The molecule has 15 heavy (non-hydrogen) atoms. The Morgan fingerprint density at radius 3 is 2.67 bits per heavy atom. The Kier molecular flexibility index (Phi) is 2.49. The molecular weight excluding hydrogens is 188 g/mol. The van der Waals surface area contributed by atoms with Gasteiger partial charge in [-0.2, -0.15) is 0 Å². The van der Waals surface area contributed by atoms with Crippen molar-refractivity contribution in [2.45, 2.75) is 27.3 Å². The van der Waals surface area contributed by atoms with Crippen LogP contribution in [0.25, 0.3) is 11.1 Å². The van der Waals surface area contributed by atoms with Crippen molar-refractivity contribution in [2.75, 3.05) is 7.05 Å². The first-order valence-electron chi connectivity index (χ1n) is 5.14. The van der Waals surface area contributed by atoms with Crippen molar-refractivity contribution in [3.8, 4) is 0 Å². The zero-order valence-electron chi connectivity index (χ0n) is 9.64. The largest absolute Gasteiger partial charge is 0.439 e. The maximum atomic E-state index is 5.70. The fourth-order valence-electron chi connectivity index (χ4n) is 1.80. The summed E-state index contributed by atoms with van der Waals surface area (Å²) in [7, 11) is 1.89. The molecule has 0 saturated heterocycles. The average molecular weight is 204 g/mol. The molecule has 0 bridgehead atoms. The van der Waals surface area contributed by atoms with Crippen LogP contribution in [0, 0.1) is 20.8 Å². The summed E-state index contributed by atoms with van der Waals surface area (Å²) < 4.78 is 5.70. The molecule has 0 amide bonds. The molecule has 0 unspecified atom stereocenters. The molecule has 1 aromatic heterocycles. The molecule has 1 N–H and O–H groups in total. The third-order valence-corrected chi connectivity index (χ3v) is 2.74. The zero-order valence-corrected chi connectivity index (χ0v) is 9.64. The minimum atomic E-state index is 0.673. The highest BCUT2D eigenvalue weighted by Gasteiger charge is 2.11. The molecule has 3 heteroatoms. The van der Waals surface area contributed by atoms with Gasteiger partial charge in [-0.1, -0.05) is 6.07 Å². The fraction of sp³-hybridized carbons (Fsp3) is 0.417. The molecule has 0 spiro atoms. The van der Waals surface area contributed by atoms with Crippen molar-refractivity contribution in [3.63, 3.8) is 0 Å². The van der Waals surface area contributed by atoms with Gasteiger partial charge in [-0.15, -0.1) is 0 Å². The Morgan fingerprint density at radius 1 is 1.27 bits per heavy atom. The van der Waals surface area contributed by atoms with Crippen LogP contribution in [0.5, 0.6) is 0 Å². The van der Waals surface area contributed by atoms with Crippen LogP contribution in [-0.4, -0.2) is 12.0 Å². The lowest BCUT2D eigenvalue weighted by atomic mass is 10.1.